The molecule has 0 radical (unpaired) electrons. The fraction of sp³-hybridized carbons (Fsp3) is 0.200. The van der Waals surface area contributed by atoms with Crippen molar-refractivity contribution >= 4 is 23.5 Å². The van der Waals surface area contributed by atoms with Gasteiger partial charge in [-0.3, -0.25) is 14.9 Å². The van der Waals surface area contributed by atoms with Gasteiger partial charge in [-0.2, -0.15) is 5.10 Å². The first kappa shape index (κ1) is 24.2. The summed E-state index contributed by atoms with van der Waals surface area (Å²) in [6.07, 6.45) is 1.20. The van der Waals surface area contributed by atoms with Crippen LogP contribution in [0.3, 0.4) is 0 Å². The molecule has 0 aliphatic carbocycles. The molecule has 3 rings (SSSR count). The molecule has 3 aromatic carbocycles. The van der Waals surface area contributed by atoms with E-state index in [-0.39, 0.29) is 30.2 Å². The van der Waals surface area contributed by atoms with Gasteiger partial charge >= 0.3 is 0 Å². The highest BCUT2D eigenvalue weighted by atomic mass is 16.6. The largest absolute Gasteiger partial charge is 0.493 e. The Morgan fingerprint density at radius 1 is 1.06 bits per heavy atom. The molecule has 34 heavy (non-hydrogen) atoms. The molecule has 0 unspecified atom stereocenters. The number of benzene rings is 3. The summed E-state index contributed by atoms with van der Waals surface area (Å²) in [5.74, 6) is 0.148. The number of nitrogens with one attached hydrogen (secondary N) is 2. The lowest BCUT2D eigenvalue weighted by molar-refractivity contribution is -0.385. The molecule has 0 saturated carbocycles. The molecule has 9 nitrogen and oxygen atoms in total. The molecule has 0 aliphatic rings. The SMILES string of the molecule is COc1cc(/C=N\NC(=O)CNc2ccc(C)c(C)c2)c([N+](=O)[O-])cc1OCc1ccccc1. The van der Waals surface area contributed by atoms with Gasteiger partial charge in [0.1, 0.15) is 6.61 Å². The first-order valence-electron chi connectivity index (χ1n) is 10.5. The third-order valence-electron chi connectivity index (χ3n) is 5.10. The molecule has 0 fully saturated rings. The lowest BCUT2D eigenvalue weighted by atomic mass is 10.1. The van der Waals surface area contributed by atoms with Crippen LogP contribution < -0.4 is 20.2 Å². The van der Waals surface area contributed by atoms with Gasteiger partial charge in [-0.15, -0.1) is 0 Å². The summed E-state index contributed by atoms with van der Waals surface area (Å²) in [5.41, 5.74) is 6.30. The van der Waals surface area contributed by atoms with Gasteiger partial charge in [-0.05, 0) is 48.7 Å². The highest BCUT2D eigenvalue weighted by Gasteiger charge is 2.19. The van der Waals surface area contributed by atoms with Gasteiger partial charge in [0.05, 0.1) is 36.4 Å². The van der Waals surface area contributed by atoms with Crippen LogP contribution in [0, 0.1) is 24.0 Å². The number of nitro groups is 1. The van der Waals surface area contributed by atoms with Gasteiger partial charge in [-0.25, -0.2) is 5.43 Å². The van der Waals surface area contributed by atoms with Gasteiger partial charge in [0.2, 0.25) is 0 Å². The van der Waals surface area contributed by atoms with Gasteiger partial charge in [0, 0.05) is 5.69 Å². The number of hydrogen-bond acceptors (Lipinski definition) is 7. The zero-order chi connectivity index (χ0) is 24.5. The van der Waals surface area contributed by atoms with Crippen LogP contribution in [-0.4, -0.2) is 30.7 Å². The van der Waals surface area contributed by atoms with Crippen molar-refractivity contribution in [2.75, 3.05) is 19.0 Å². The second-order valence-corrected chi connectivity index (χ2v) is 7.54. The number of anilines is 1. The molecule has 0 heterocycles. The molecule has 0 bridgehead atoms. The van der Waals surface area contributed by atoms with Gasteiger partial charge in [0.25, 0.3) is 11.6 Å². The van der Waals surface area contributed by atoms with Crippen LogP contribution in [0.4, 0.5) is 11.4 Å². The molecular formula is C25H26N4O5. The van der Waals surface area contributed by atoms with Crippen LogP contribution in [0.2, 0.25) is 0 Å². The van der Waals surface area contributed by atoms with Crippen LogP contribution in [-0.2, 0) is 11.4 Å². The van der Waals surface area contributed by atoms with Crippen LogP contribution in [0.15, 0.2) is 65.8 Å². The standard InChI is InChI=1S/C25H26N4O5/c1-17-9-10-21(11-18(17)2)26-15-25(30)28-27-14-20-12-23(33-3)24(13-22(20)29(31)32)34-16-19-7-5-4-6-8-19/h4-14,26H,15-16H2,1-3H3,(H,28,30)/b27-14-. The maximum Gasteiger partial charge on any atom is 0.282 e. The quantitative estimate of drug-likeness (QED) is 0.263. The molecule has 0 saturated heterocycles. The molecule has 176 valence electrons. The van der Waals surface area contributed by atoms with Crippen molar-refractivity contribution in [3.05, 3.63) is 93.0 Å². The predicted octanol–water partition coefficient (Wildman–Crippen LogP) is 4.36. The molecule has 1 amide bonds. The molecule has 2 N–H and O–H groups in total. The first-order chi connectivity index (χ1) is 16.4. The Morgan fingerprint density at radius 2 is 1.82 bits per heavy atom. The van der Waals surface area contributed by atoms with Crippen molar-refractivity contribution in [2.45, 2.75) is 20.5 Å². The number of ether oxygens (including phenoxy) is 2. The van der Waals surface area contributed by atoms with Crippen LogP contribution in [0.5, 0.6) is 11.5 Å². The summed E-state index contributed by atoms with van der Waals surface area (Å²) in [7, 11) is 1.44. The van der Waals surface area contributed by atoms with Crippen molar-refractivity contribution in [3.8, 4) is 11.5 Å². The number of carbonyl (C=O) groups excluding carboxylic acids is 1. The van der Waals surface area contributed by atoms with E-state index in [4.69, 9.17) is 9.47 Å². The van der Waals surface area contributed by atoms with Gasteiger partial charge in [0.15, 0.2) is 11.5 Å². The number of amides is 1. The summed E-state index contributed by atoms with van der Waals surface area (Å²) >= 11 is 0. The van der Waals surface area contributed by atoms with Gasteiger partial charge in [-0.1, -0.05) is 36.4 Å². The Morgan fingerprint density at radius 3 is 2.50 bits per heavy atom. The van der Waals surface area contributed by atoms with E-state index in [1.165, 1.54) is 25.5 Å². The molecule has 0 spiro atoms. The van der Waals surface area contributed by atoms with Crippen molar-refractivity contribution in [2.24, 2.45) is 5.10 Å². The third-order valence-corrected chi connectivity index (χ3v) is 5.10. The Kier molecular flexibility index (Phi) is 8.17. The van der Waals surface area contributed by atoms with Crippen molar-refractivity contribution in [1.29, 1.82) is 0 Å². The summed E-state index contributed by atoms with van der Waals surface area (Å²) in [5, 5.41) is 18.5. The monoisotopic (exact) mass is 462 g/mol. The van der Waals surface area contributed by atoms with E-state index in [2.05, 4.69) is 15.8 Å². The second-order valence-electron chi connectivity index (χ2n) is 7.54. The minimum atomic E-state index is -0.542. The van der Waals surface area contributed by atoms with E-state index in [0.717, 1.165) is 22.4 Å². The lowest BCUT2D eigenvalue weighted by Gasteiger charge is -2.12. The average Bonchev–Trinajstić information content (AvgIpc) is 2.84. The number of carbonyl (C=O) groups is 1. The Labute approximate surface area is 197 Å². The summed E-state index contributed by atoms with van der Waals surface area (Å²) in [6.45, 7) is 4.23. The minimum absolute atomic E-state index is 0.00246. The normalized spacial score (nSPS) is 10.7. The lowest BCUT2D eigenvalue weighted by Crippen LogP contribution is -2.25. The zero-order valence-corrected chi connectivity index (χ0v) is 19.2. The molecule has 0 atom stereocenters. The fourth-order valence-corrected chi connectivity index (χ4v) is 3.08. The molecule has 9 heteroatoms. The summed E-state index contributed by atoms with van der Waals surface area (Å²) < 4.78 is 11.1. The smallest absolute Gasteiger partial charge is 0.282 e. The average molecular weight is 463 g/mol. The van der Waals surface area contributed by atoms with Crippen molar-refractivity contribution < 1.29 is 19.2 Å². The highest BCUT2D eigenvalue weighted by molar-refractivity contribution is 5.88. The number of methoxy groups -OCH3 is 1. The fourth-order valence-electron chi connectivity index (χ4n) is 3.08. The van der Waals surface area contributed by atoms with E-state index in [0.29, 0.717) is 5.75 Å². The third kappa shape index (κ3) is 6.55. The topological polar surface area (TPSA) is 115 Å². The molecule has 3 aromatic rings. The van der Waals surface area contributed by atoms with E-state index < -0.39 is 10.8 Å². The molecule has 0 aliphatic heterocycles. The van der Waals surface area contributed by atoms with Gasteiger partial charge < -0.3 is 14.8 Å². The number of hydrogen-bond donors (Lipinski definition) is 2. The predicted molar refractivity (Wildman–Crippen MR) is 131 cm³/mol. The minimum Gasteiger partial charge on any atom is -0.493 e. The first-order valence-corrected chi connectivity index (χ1v) is 10.5. The van der Waals surface area contributed by atoms with Crippen molar-refractivity contribution in [1.82, 2.24) is 5.43 Å². The number of nitrogens with zero attached hydrogens (tertiary/aromatic N) is 2. The van der Waals surface area contributed by atoms with Crippen LogP contribution >= 0.6 is 0 Å². The summed E-state index contributed by atoms with van der Waals surface area (Å²) in [6, 6.07) is 18.0. The zero-order valence-electron chi connectivity index (χ0n) is 19.2. The highest BCUT2D eigenvalue weighted by Crippen LogP contribution is 2.34. The summed E-state index contributed by atoms with van der Waals surface area (Å²) in [4.78, 5) is 23.2. The second kappa shape index (κ2) is 11.5. The number of hydrazone groups is 1. The Bertz CT molecular complexity index is 1200. The Balaban J connectivity index is 1.66. The van der Waals surface area contributed by atoms with E-state index >= 15 is 0 Å². The number of rotatable bonds is 10. The van der Waals surface area contributed by atoms with Crippen molar-refractivity contribution in [3.63, 3.8) is 0 Å². The van der Waals surface area contributed by atoms with Crippen LogP contribution in [0.1, 0.15) is 22.3 Å². The maximum atomic E-state index is 12.1. The maximum absolute atomic E-state index is 12.1. The number of nitro benzene ring substituents is 1. The van der Waals surface area contributed by atoms with E-state index in [9.17, 15) is 14.9 Å². The molecular weight excluding hydrogens is 436 g/mol. The Hall–Kier alpha value is -4.40. The van der Waals surface area contributed by atoms with E-state index in [1.807, 2.05) is 62.4 Å². The number of aryl methyl sites for hydroxylation is 2. The van der Waals surface area contributed by atoms with Crippen LogP contribution in [0.25, 0.3) is 0 Å². The van der Waals surface area contributed by atoms with E-state index in [1.54, 1.807) is 0 Å². The molecule has 0 aromatic heterocycles.